The average molecular weight is 258 g/mol. The van der Waals surface area contributed by atoms with Crippen molar-refractivity contribution >= 4 is 17.7 Å². The largest absolute Gasteiger partial charge is 0.352 e. The fourth-order valence-corrected chi connectivity index (χ4v) is 3.09. The maximum Gasteiger partial charge on any atom is 0.240 e. The smallest absolute Gasteiger partial charge is 0.240 e. The molecule has 0 heterocycles. The molecule has 3 N–H and O–H groups in total. The molecule has 0 aromatic rings. The zero-order valence-corrected chi connectivity index (χ0v) is 12.1. The van der Waals surface area contributed by atoms with Crippen LogP contribution in [-0.2, 0) is 4.79 Å². The summed E-state index contributed by atoms with van der Waals surface area (Å²) in [5.74, 6) is 0.0371. The van der Waals surface area contributed by atoms with Crippen LogP contribution in [0.1, 0.15) is 52.4 Å². The molecule has 1 amide bonds. The second kappa shape index (κ2) is 6.64. The molecule has 1 saturated carbocycles. The van der Waals surface area contributed by atoms with E-state index in [-0.39, 0.29) is 5.91 Å². The summed E-state index contributed by atoms with van der Waals surface area (Å²) < 4.78 is 0. The van der Waals surface area contributed by atoms with Crippen molar-refractivity contribution in [3.63, 3.8) is 0 Å². The van der Waals surface area contributed by atoms with Gasteiger partial charge in [-0.15, -0.1) is 0 Å². The van der Waals surface area contributed by atoms with Crippen LogP contribution in [0, 0.1) is 0 Å². The highest BCUT2D eigenvalue weighted by molar-refractivity contribution is 7.99. The first kappa shape index (κ1) is 14.8. The number of rotatable bonds is 5. The normalized spacial score (nSPS) is 25.6. The number of hydrogen-bond acceptors (Lipinski definition) is 3. The Morgan fingerprint density at radius 3 is 2.24 bits per heavy atom. The van der Waals surface area contributed by atoms with E-state index in [4.69, 9.17) is 5.73 Å². The van der Waals surface area contributed by atoms with Crippen molar-refractivity contribution in [3.8, 4) is 0 Å². The third-order valence-corrected chi connectivity index (χ3v) is 5.19. The zero-order valence-electron chi connectivity index (χ0n) is 11.3. The van der Waals surface area contributed by atoms with Crippen molar-refractivity contribution in [2.75, 3.05) is 6.26 Å². The molecular weight excluding hydrogens is 232 g/mol. The summed E-state index contributed by atoms with van der Waals surface area (Å²) in [6.45, 7) is 3.96. The Morgan fingerprint density at radius 2 is 1.82 bits per heavy atom. The van der Waals surface area contributed by atoms with E-state index in [9.17, 15) is 4.79 Å². The molecular formula is C13H26N2OS. The monoisotopic (exact) mass is 258 g/mol. The van der Waals surface area contributed by atoms with Gasteiger partial charge in [0.2, 0.25) is 5.91 Å². The lowest BCUT2D eigenvalue weighted by atomic mass is 9.90. The lowest BCUT2D eigenvalue weighted by Gasteiger charge is -2.32. The van der Waals surface area contributed by atoms with Crippen LogP contribution in [0.5, 0.6) is 0 Å². The molecule has 1 aliphatic rings. The number of nitrogens with two attached hydrogens (primary N) is 1. The Labute approximate surface area is 109 Å². The number of thioether (sulfide) groups is 1. The van der Waals surface area contributed by atoms with Gasteiger partial charge in [0.1, 0.15) is 0 Å². The van der Waals surface area contributed by atoms with Crippen molar-refractivity contribution in [1.29, 1.82) is 0 Å². The third kappa shape index (κ3) is 3.88. The Kier molecular flexibility index (Phi) is 5.80. The molecule has 100 valence electrons. The molecule has 4 heteroatoms. The lowest BCUT2D eigenvalue weighted by Crippen LogP contribution is -2.55. The summed E-state index contributed by atoms with van der Waals surface area (Å²) in [6.07, 6.45) is 8.19. The highest BCUT2D eigenvalue weighted by Gasteiger charge is 2.32. The van der Waals surface area contributed by atoms with E-state index in [0.29, 0.717) is 18.9 Å². The van der Waals surface area contributed by atoms with Crippen LogP contribution in [0.4, 0.5) is 0 Å². The van der Waals surface area contributed by atoms with Crippen LogP contribution in [0.15, 0.2) is 0 Å². The fraction of sp³-hybridized carbons (Fsp3) is 0.923. The van der Waals surface area contributed by atoms with Crippen LogP contribution in [0.25, 0.3) is 0 Å². The van der Waals surface area contributed by atoms with Crippen molar-refractivity contribution in [2.45, 2.75) is 69.2 Å². The molecule has 0 bridgehead atoms. The summed E-state index contributed by atoms with van der Waals surface area (Å²) in [4.78, 5) is 12.1. The van der Waals surface area contributed by atoms with Gasteiger partial charge in [-0.05, 0) is 44.8 Å². The minimum atomic E-state index is -0.670. The first-order valence-corrected chi connectivity index (χ1v) is 7.97. The molecule has 0 unspecified atom stereocenters. The highest BCUT2D eigenvalue weighted by Crippen LogP contribution is 2.27. The standard InChI is InChI=1S/C13H26N2OS/c1-4-13(14,5-2)12(16)15-10-6-8-11(17-3)9-7-10/h10-11H,4-9,14H2,1-3H3,(H,15,16). The predicted octanol–water partition coefficient (Wildman–Crippen LogP) is 2.29. The second-order valence-electron chi connectivity index (χ2n) is 5.05. The van der Waals surface area contributed by atoms with Crippen LogP contribution >= 0.6 is 11.8 Å². The van der Waals surface area contributed by atoms with Crippen LogP contribution < -0.4 is 11.1 Å². The maximum atomic E-state index is 12.1. The van der Waals surface area contributed by atoms with Crippen LogP contribution in [-0.4, -0.2) is 29.0 Å². The van der Waals surface area contributed by atoms with Gasteiger partial charge in [-0.1, -0.05) is 13.8 Å². The van der Waals surface area contributed by atoms with E-state index in [1.54, 1.807) is 0 Å². The minimum absolute atomic E-state index is 0.0371. The molecule has 0 atom stereocenters. The van der Waals surface area contributed by atoms with Gasteiger partial charge in [-0.25, -0.2) is 0 Å². The average Bonchev–Trinajstić information content (AvgIpc) is 2.38. The molecule has 1 aliphatic carbocycles. The molecule has 0 radical (unpaired) electrons. The van der Waals surface area contributed by atoms with Crippen LogP contribution in [0.3, 0.4) is 0 Å². The number of hydrogen-bond donors (Lipinski definition) is 2. The Bertz CT molecular complexity index is 246. The van der Waals surface area contributed by atoms with E-state index in [2.05, 4.69) is 11.6 Å². The van der Waals surface area contributed by atoms with Gasteiger partial charge in [0.15, 0.2) is 0 Å². The second-order valence-corrected chi connectivity index (χ2v) is 6.18. The zero-order chi connectivity index (χ0) is 12.9. The summed E-state index contributed by atoms with van der Waals surface area (Å²) >= 11 is 1.94. The quantitative estimate of drug-likeness (QED) is 0.795. The van der Waals surface area contributed by atoms with E-state index in [1.165, 1.54) is 12.8 Å². The molecule has 3 nitrogen and oxygen atoms in total. The van der Waals surface area contributed by atoms with Crippen molar-refractivity contribution in [1.82, 2.24) is 5.32 Å². The first-order valence-electron chi connectivity index (χ1n) is 6.68. The Balaban J connectivity index is 2.42. The molecule has 0 aromatic heterocycles. The van der Waals surface area contributed by atoms with Crippen LogP contribution in [0.2, 0.25) is 0 Å². The summed E-state index contributed by atoms with van der Waals surface area (Å²) in [5, 5.41) is 3.91. The van der Waals surface area contributed by atoms with Crippen molar-refractivity contribution in [2.24, 2.45) is 5.73 Å². The SMILES string of the molecule is CCC(N)(CC)C(=O)NC1CCC(SC)CC1. The van der Waals surface area contributed by atoms with Gasteiger partial charge < -0.3 is 11.1 Å². The van der Waals surface area contributed by atoms with E-state index >= 15 is 0 Å². The van der Waals surface area contributed by atoms with Crippen molar-refractivity contribution in [3.05, 3.63) is 0 Å². The first-order chi connectivity index (χ1) is 8.05. The van der Waals surface area contributed by atoms with Crippen molar-refractivity contribution < 1.29 is 4.79 Å². The van der Waals surface area contributed by atoms with Gasteiger partial charge >= 0.3 is 0 Å². The van der Waals surface area contributed by atoms with Gasteiger partial charge in [0, 0.05) is 11.3 Å². The fourth-order valence-electron chi connectivity index (χ4n) is 2.34. The lowest BCUT2D eigenvalue weighted by molar-refractivity contribution is -0.127. The molecule has 1 rings (SSSR count). The van der Waals surface area contributed by atoms with Gasteiger partial charge in [0.25, 0.3) is 0 Å². The summed E-state index contributed by atoms with van der Waals surface area (Å²) in [7, 11) is 0. The predicted molar refractivity (Wildman–Crippen MR) is 75.2 cm³/mol. The van der Waals surface area contributed by atoms with Gasteiger partial charge in [-0.2, -0.15) is 11.8 Å². The number of nitrogens with one attached hydrogen (secondary N) is 1. The molecule has 0 spiro atoms. The van der Waals surface area contributed by atoms with Gasteiger partial charge in [0.05, 0.1) is 5.54 Å². The molecule has 0 aromatic carbocycles. The van der Waals surface area contributed by atoms with E-state index in [0.717, 1.165) is 18.1 Å². The molecule has 0 saturated heterocycles. The third-order valence-electron chi connectivity index (χ3n) is 4.06. The summed E-state index contributed by atoms with van der Waals surface area (Å²) in [5.41, 5.74) is 5.42. The summed E-state index contributed by atoms with van der Waals surface area (Å²) in [6, 6.07) is 0.340. The topological polar surface area (TPSA) is 55.1 Å². The molecule has 0 aliphatic heterocycles. The number of carbonyl (C=O) groups is 1. The Morgan fingerprint density at radius 1 is 1.29 bits per heavy atom. The number of amides is 1. The van der Waals surface area contributed by atoms with E-state index in [1.807, 2.05) is 25.6 Å². The molecule has 17 heavy (non-hydrogen) atoms. The molecule has 1 fully saturated rings. The maximum absolute atomic E-state index is 12.1. The minimum Gasteiger partial charge on any atom is -0.352 e. The number of carbonyl (C=O) groups excluding carboxylic acids is 1. The van der Waals surface area contributed by atoms with E-state index < -0.39 is 5.54 Å². The van der Waals surface area contributed by atoms with Gasteiger partial charge in [-0.3, -0.25) is 4.79 Å². The highest BCUT2D eigenvalue weighted by atomic mass is 32.2. The Hall–Kier alpha value is -0.220.